The molecule has 1 amide bonds. The molecule has 0 unspecified atom stereocenters. The van der Waals surface area contributed by atoms with Crippen molar-refractivity contribution in [1.82, 2.24) is 14.9 Å². The van der Waals surface area contributed by atoms with E-state index in [1.807, 2.05) is 52.0 Å². The third kappa shape index (κ3) is 5.81. The van der Waals surface area contributed by atoms with E-state index in [9.17, 15) is 4.79 Å². The number of hydrogen-bond acceptors (Lipinski definition) is 5. The second-order valence-corrected chi connectivity index (χ2v) is 7.94. The minimum atomic E-state index is -0.463. The smallest absolute Gasteiger partial charge is 0.410 e. The maximum atomic E-state index is 12.2. The molecule has 2 aromatic rings. The summed E-state index contributed by atoms with van der Waals surface area (Å²) in [5.74, 6) is 1.19. The van der Waals surface area contributed by atoms with Crippen molar-refractivity contribution >= 4 is 12.2 Å². The molecule has 2 heterocycles. The highest BCUT2D eigenvalue weighted by Gasteiger charge is 2.24. The van der Waals surface area contributed by atoms with Gasteiger partial charge < -0.3 is 14.4 Å². The van der Waals surface area contributed by atoms with E-state index in [0.717, 1.165) is 29.8 Å². The molecule has 148 valence electrons. The molecular weight excluding hydrogens is 354 g/mol. The number of likely N-dealkylation sites (tertiary alicyclic amines) is 1. The van der Waals surface area contributed by atoms with E-state index in [1.54, 1.807) is 17.3 Å². The summed E-state index contributed by atoms with van der Waals surface area (Å²) in [6, 6.07) is 7.88. The maximum Gasteiger partial charge on any atom is 0.410 e. The van der Waals surface area contributed by atoms with Gasteiger partial charge in [-0.05, 0) is 58.2 Å². The van der Waals surface area contributed by atoms with Gasteiger partial charge in [-0.2, -0.15) is 0 Å². The average molecular weight is 381 g/mol. The zero-order valence-electron chi connectivity index (χ0n) is 16.9. The molecule has 0 saturated carbocycles. The lowest BCUT2D eigenvalue weighted by Crippen LogP contribution is -2.40. The van der Waals surface area contributed by atoms with E-state index < -0.39 is 5.60 Å². The lowest BCUT2D eigenvalue weighted by molar-refractivity contribution is 0.0237. The number of nitrogens with zero attached hydrogens (tertiary/aromatic N) is 3. The Bertz CT molecular complexity index is 844. The Balaban J connectivity index is 1.60. The molecule has 3 rings (SSSR count). The van der Waals surface area contributed by atoms with E-state index in [1.165, 1.54) is 5.57 Å². The number of aromatic nitrogens is 2. The van der Waals surface area contributed by atoms with Crippen molar-refractivity contribution in [3.63, 3.8) is 0 Å². The fourth-order valence-corrected chi connectivity index (χ4v) is 2.91. The second-order valence-electron chi connectivity index (χ2n) is 7.94. The predicted molar refractivity (Wildman–Crippen MR) is 108 cm³/mol. The Morgan fingerprint density at radius 3 is 2.54 bits per heavy atom. The normalized spacial score (nSPS) is 14.6. The van der Waals surface area contributed by atoms with E-state index in [-0.39, 0.29) is 6.09 Å². The summed E-state index contributed by atoms with van der Waals surface area (Å²) in [5.41, 5.74) is 2.77. The van der Waals surface area contributed by atoms with Crippen LogP contribution in [0.4, 0.5) is 4.79 Å². The number of amides is 1. The van der Waals surface area contributed by atoms with Gasteiger partial charge in [0.2, 0.25) is 5.88 Å². The van der Waals surface area contributed by atoms with Crippen LogP contribution >= 0.6 is 0 Å². The molecule has 6 nitrogen and oxygen atoms in total. The molecule has 1 aromatic carbocycles. The summed E-state index contributed by atoms with van der Waals surface area (Å²) < 4.78 is 11.2. The number of carbonyl (C=O) groups is 1. The summed E-state index contributed by atoms with van der Waals surface area (Å²) in [5, 5.41) is 0. The van der Waals surface area contributed by atoms with Gasteiger partial charge in [0, 0.05) is 13.1 Å². The zero-order chi connectivity index (χ0) is 20.1. The lowest BCUT2D eigenvalue weighted by Gasteiger charge is -2.31. The minimum absolute atomic E-state index is 0.235. The Hall–Kier alpha value is -2.89. The van der Waals surface area contributed by atoms with Gasteiger partial charge in [-0.1, -0.05) is 23.8 Å². The van der Waals surface area contributed by atoms with Crippen LogP contribution in [-0.2, 0) is 4.74 Å². The zero-order valence-corrected chi connectivity index (χ0v) is 16.9. The molecular formula is C22H27N3O3. The van der Waals surface area contributed by atoms with Crippen LogP contribution in [0.3, 0.4) is 0 Å². The highest BCUT2D eigenvalue weighted by atomic mass is 16.6. The van der Waals surface area contributed by atoms with Gasteiger partial charge in [-0.15, -0.1) is 0 Å². The van der Waals surface area contributed by atoms with Crippen LogP contribution in [-0.4, -0.2) is 39.7 Å². The third-order valence-corrected chi connectivity index (χ3v) is 4.27. The number of carbonyl (C=O) groups excluding carboxylic acids is 1. The molecule has 1 fully saturated rings. The fraction of sp³-hybridized carbons (Fsp3) is 0.409. The maximum absolute atomic E-state index is 12.2. The van der Waals surface area contributed by atoms with Crippen LogP contribution in [0.15, 0.2) is 42.2 Å². The highest BCUT2D eigenvalue weighted by molar-refractivity contribution is 5.68. The Labute approximate surface area is 166 Å². The van der Waals surface area contributed by atoms with Crippen molar-refractivity contribution in [3.8, 4) is 11.6 Å². The number of ether oxygens (including phenoxy) is 2. The molecule has 1 aliphatic rings. The molecule has 0 atom stereocenters. The molecule has 0 radical (unpaired) electrons. The molecule has 0 N–H and O–H groups in total. The van der Waals surface area contributed by atoms with E-state index in [4.69, 9.17) is 9.47 Å². The quantitative estimate of drug-likeness (QED) is 0.749. The number of benzene rings is 1. The summed E-state index contributed by atoms with van der Waals surface area (Å²) in [6.07, 6.45) is 6.91. The third-order valence-electron chi connectivity index (χ3n) is 4.27. The standard InChI is InChI=1S/C22H27N3O3/c1-16-14-24-20(15-23-16)27-19-7-5-6-18(13-19)12-17-8-10-25(11-9-17)21(26)28-22(2,3)4/h5-7,12-15H,8-11H2,1-4H3. The highest BCUT2D eigenvalue weighted by Crippen LogP contribution is 2.24. The average Bonchev–Trinajstić information content (AvgIpc) is 2.63. The minimum Gasteiger partial charge on any atom is -0.444 e. The number of hydrogen-bond donors (Lipinski definition) is 0. The van der Waals surface area contributed by atoms with Crippen LogP contribution in [0.25, 0.3) is 6.08 Å². The lowest BCUT2D eigenvalue weighted by atomic mass is 10.0. The number of rotatable bonds is 3. The molecule has 0 aliphatic carbocycles. The Morgan fingerprint density at radius 2 is 1.89 bits per heavy atom. The fourth-order valence-electron chi connectivity index (χ4n) is 2.91. The SMILES string of the molecule is Cc1cnc(Oc2cccc(C=C3CCN(C(=O)OC(C)(C)C)CC3)c2)cn1. The summed E-state index contributed by atoms with van der Waals surface area (Å²) in [4.78, 5) is 22.4. The summed E-state index contributed by atoms with van der Waals surface area (Å²) >= 11 is 0. The van der Waals surface area contributed by atoms with Gasteiger partial charge in [-0.25, -0.2) is 9.78 Å². The van der Waals surface area contributed by atoms with E-state index >= 15 is 0 Å². The van der Waals surface area contributed by atoms with Crippen LogP contribution in [0.1, 0.15) is 44.9 Å². The monoisotopic (exact) mass is 381 g/mol. The molecule has 1 aromatic heterocycles. The second kappa shape index (κ2) is 8.42. The largest absolute Gasteiger partial charge is 0.444 e. The number of piperidine rings is 1. The topological polar surface area (TPSA) is 64.5 Å². The molecule has 0 spiro atoms. The van der Waals surface area contributed by atoms with Gasteiger partial charge in [0.15, 0.2) is 0 Å². The first-order valence-electron chi connectivity index (χ1n) is 9.52. The van der Waals surface area contributed by atoms with Crippen molar-refractivity contribution in [1.29, 1.82) is 0 Å². The summed E-state index contributed by atoms with van der Waals surface area (Å²) in [7, 11) is 0. The Morgan fingerprint density at radius 1 is 1.14 bits per heavy atom. The van der Waals surface area contributed by atoms with Gasteiger partial charge in [0.1, 0.15) is 11.4 Å². The Kier molecular flexibility index (Phi) is 5.97. The van der Waals surface area contributed by atoms with Crippen LogP contribution in [0.5, 0.6) is 11.6 Å². The van der Waals surface area contributed by atoms with Crippen molar-refractivity contribution in [3.05, 3.63) is 53.5 Å². The van der Waals surface area contributed by atoms with Crippen molar-refractivity contribution in [2.75, 3.05) is 13.1 Å². The first-order valence-corrected chi connectivity index (χ1v) is 9.52. The molecule has 0 bridgehead atoms. The van der Waals surface area contributed by atoms with Gasteiger partial charge in [0.25, 0.3) is 0 Å². The molecule has 28 heavy (non-hydrogen) atoms. The molecule has 6 heteroatoms. The van der Waals surface area contributed by atoms with Crippen molar-refractivity contribution in [2.24, 2.45) is 0 Å². The number of aryl methyl sites for hydroxylation is 1. The van der Waals surface area contributed by atoms with E-state index in [0.29, 0.717) is 19.0 Å². The van der Waals surface area contributed by atoms with Crippen LogP contribution in [0, 0.1) is 6.92 Å². The first-order chi connectivity index (χ1) is 13.3. The van der Waals surface area contributed by atoms with Crippen LogP contribution in [0.2, 0.25) is 0 Å². The van der Waals surface area contributed by atoms with Gasteiger partial charge in [-0.3, -0.25) is 4.98 Å². The van der Waals surface area contributed by atoms with Crippen molar-refractivity contribution < 1.29 is 14.3 Å². The van der Waals surface area contributed by atoms with Crippen molar-refractivity contribution in [2.45, 2.75) is 46.1 Å². The molecule has 1 aliphatic heterocycles. The van der Waals surface area contributed by atoms with Crippen LogP contribution < -0.4 is 4.74 Å². The first kappa shape index (κ1) is 19.9. The van der Waals surface area contributed by atoms with Gasteiger partial charge >= 0.3 is 6.09 Å². The van der Waals surface area contributed by atoms with Gasteiger partial charge in [0.05, 0.1) is 18.1 Å². The summed E-state index contributed by atoms with van der Waals surface area (Å²) in [6.45, 7) is 8.90. The molecule has 1 saturated heterocycles. The van der Waals surface area contributed by atoms with E-state index in [2.05, 4.69) is 16.0 Å². The predicted octanol–water partition coefficient (Wildman–Crippen LogP) is 4.99.